The van der Waals surface area contributed by atoms with E-state index in [9.17, 15) is 18.8 Å². The fraction of sp³-hybridized carbons (Fsp3) is 0.150. The van der Waals surface area contributed by atoms with Crippen molar-refractivity contribution in [2.45, 2.75) is 20.4 Å². The fourth-order valence-corrected chi connectivity index (χ4v) is 3.17. The lowest BCUT2D eigenvalue weighted by Gasteiger charge is -2.12. The zero-order valence-corrected chi connectivity index (χ0v) is 17.2. The smallest absolute Gasteiger partial charge is 0.333 e. The van der Waals surface area contributed by atoms with Gasteiger partial charge < -0.3 is 11.1 Å². The van der Waals surface area contributed by atoms with E-state index in [0.29, 0.717) is 27.1 Å². The summed E-state index contributed by atoms with van der Waals surface area (Å²) >= 11 is 6.02. The van der Waals surface area contributed by atoms with Gasteiger partial charge in [-0.2, -0.15) is 19.1 Å². The number of hydrogen-bond donors (Lipinski definition) is 3. The van der Waals surface area contributed by atoms with Gasteiger partial charge >= 0.3 is 6.55 Å². The van der Waals surface area contributed by atoms with Crippen LogP contribution in [0.15, 0.2) is 30.6 Å². The number of amides is 1. The van der Waals surface area contributed by atoms with Gasteiger partial charge in [-0.3, -0.25) is 10.2 Å². The third-order valence-electron chi connectivity index (χ3n) is 4.75. The first-order chi connectivity index (χ1) is 14.6. The molecule has 0 saturated heterocycles. The molecule has 11 heteroatoms. The van der Waals surface area contributed by atoms with Crippen molar-refractivity contribution in [1.29, 1.82) is 5.26 Å². The van der Waals surface area contributed by atoms with Crippen LogP contribution in [0.5, 0.6) is 0 Å². The lowest BCUT2D eigenvalue weighted by Crippen LogP contribution is -2.41. The Kier molecular flexibility index (Phi) is 5.99. The minimum Gasteiger partial charge on any atom is -0.398 e. The molecule has 1 amide bonds. The number of benzene rings is 1. The van der Waals surface area contributed by atoms with Gasteiger partial charge in [-0.1, -0.05) is 11.6 Å². The van der Waals surface area contributed by atoms with Crippen molar-refractivity contribution in [3.63, 3.8) is 0 Å². The maximum atomic E-state index is 12.8. The predicted molar refractivity (Wildman–Crippen MR) is 111 cm³/mol. The van der Waals surface area contributed by atoms with Crippen LogP contribution >= 0.6 is 11.6 Å². The minimum absolute atomic E-state index is 0.0648. The zero-order valence-electron chi connectivity index (χ0n) is 16.4. The SMILES string of the molecule is Cc1c(C(=O)Nc2ccc(N)c(C(=[NH2+])c3cnn(C(F)F)c3)c2)nc(Cl)c(C#N)c1C. The molecule has 0 bridgehead atoms. The largest absolute Gasteiger partial charge is 0.398 e. The van der Waals surface area contributed by atoms with Crippen LogP contribution in [0, 0.1) is 25.2 Å². The van der Waals surface area contributed by atoms with E-state index in [1.807, 2.05) is 6.07 Å². The molecule has 0 atom stereocenters. The number of alkyl halides is 2. The fourth-order valence-electron chi connectivity index (χ4n) is 2.91. The van der Waals surface area contributed by atoms with Crippen molar-refractivity contribution in [3.8, 4) is 6.07 Å². The highest BCUT2D eigenvalue weighted by molar-refractivity contribution is 6.31. The highest BCUT2D eigenvalue weighted by Gasteiger charge is 2.21. The highest BCUT2D eigenvalue weighted by atomic mass is 35.5. The van der Waals surface area contributed by atoms with E-state index < -0.39 is 12.5 Å². The highest BCUT2D eigenvalue weighted by Crippen LogP contribution is 2.25. The first-order valence-corrected chi connectivity index (χ1v) is 9.25. The molecule has 0 aliphatic heterocycles. The molecule has 3 rings (SSSR count). The molecular formula is C20H17ClF2N7O+. The van der Waals surface area contributed by atoms with Crippen molar-refractivity contribution in [2.24, 2.45) is 0 Å². The summed E-state index contributed by atoms with van der Waals surface area (Å²) in [6.45, 7) is 0.535. The Balaban J connectivity index is 1.91. The van der Waals surface area contributed by atoms with Crippen LogP contribution in [0.2, 0.25) is 5.15 Å². The molecule has 0 unspecified atom stereocenters. The second-order valence-corrected chi connectivity index (χ2v) is 7.00. The van der Waals surface area contributed by atoms with Crippen molar-refractivity contribution in [2.75, 3.05) is 11.1 Å². The van der Waals surface area contributed by atoms with Gasteiger partial charge in [0.25, 0.3) is 5.91 Å². The summed E-state index contributed by atoms with van der Waals surface area (Å²) in [6, 6.07) is 6.55. The average Bonchev–Trinajstić information content (AvgIpc) is 3.22. The predicted octanol–water partition coefficient (Wildman–Crippen LogP) is 2.25. The number of nitrogen functional groups attached to an aromatic ring is 1. The molecule has 0 aliphatic carbocycles. The molecule has 0 spiro atoms. The van der Waals surface area contributed by atoms with Gasteiger partial charge in [0, 0.05) is 17.6 Å². The average molecular weight is 445 g/mol. The van der Waals surface area contributed by atoms with Crippen molar-refractivity contribution in [3.05, 3.63) is 69.3 Å². The lowest BCUT2D eigenvalue weighted by molar-refractivity contribution is -0.111. The number of nitriles is 1. The van der Waals surface area contributed by atoms with E-state index in [1.54, 1.807) is 19.9 Å². The zero-order chi connectivity index (χ0) is 22.9. The van der Waals surface area contributed by atoms with Crippen LogP contribution in [-0.2, 0) is 0 Å². The van der Waals surface area contributed by atoms with E-state index in [2.05, 4.69) is 15.4 Å². The van der Waals surface area contributed by atoms with Crippen molar-refractivity contribution >= 4 is 34.6 Å². The molecule has 0 radical (unpaired) electrons. The van der Waals surface area contributed by atoms with E-state index in [4.69, 9.17) is 22.7 Å². The van der Waals surface area contributed by atoms with Gasteiger partial charge in [0.1, 0.15) is 16.9 Å². The van der Waals surface area contributed by atoms with E-state index >= 15 is 0 Å². The van der Waals surface area contributed by atoms with E-state index in [0.717, 1.165) is 6.20 Å². The Labute approximate surface area is 180 Å². The Morgan fingerprint density at radius 2 is 2.06 bits per heavy atom. The summed E-state index contributed by atoms with van der Waals surface area (Å²) in [5.74, 6) is -0.549. The van der Waals surface area contributed by atoms with Crippen LogP contribution in [-0.4, -0.2) is 26.4 Å². The summed E-state index contributed by atoms with van der Waals surface area (Å²) in [7, 11) is 0. The van der Waals surface area contributed by atoms with Gasteiger partial charge in [-0.15, -0.1) is 0 Å². The molecular weight excluding hydrogens is 428 g/mol. The monoisotopic (exact) mass is 444 g/mol. The number of nitrogens with one attached hydrogen (secondary N) is 1. The van der Waals surface area contributed by atoms with Gasteiger partial charge in [-0.05, 0) is 43.2 Å². The molecule has 2 aromatic heterocycles. The maximum absolute atomic E-state index is 12.8. The Morgan fingerprint density at radius 3 is 2.68 bits per heavy atom. The van der Waals surface area contributed by atoms with Gasteiger partial charge in [0.2, 0.25) is 5.71 Å². The van der Waals surface area contributed by atoms with Gasteiger partial charge in [0.05, 0.1) is 22.9 Å². The molecule has 31 heavy (non-hydrogen) atoms. The molecule has 158 valence electrons. The Hall–Kier alpha value is -3.84. The van der Waals surface area contributed by atoms with E-state index in [1.165, 1.54) is 18.3 Å². The molecule has 0 saturated carbocycles. The summed E-state index contributed by atoms with van der Waals surface area (Å²) in [5.41, 5.74) is 8.66. The first-order valence-electron chi connectivity index (χ1n) is 8.87. The summed E-state index contributed by atoms with van der Waals surface area (Å²) in [4.78, 5) is 16.8. The number of halogens is 3. The van der Waals surface area contributed by atoms with Crippen LogP contribution in [0.3, 0.4) is 0 Å². The lowest BCUT2D eigenvalue weighted by atomic mass is 10.0. The molecule has 3 aromatic rings. The molecule has 2 heterocycles. The topological polar surface area (TPSA) is 135 Å². The van der Waals surface area contributed by atoms with Crippen molar-refractivity contribution < 1.29 is 19.0 Å². The molecule has 1 aromatic carbocycles. The number of carbonyl (C=O) groups is 1. The quantitative estimate of drug-likeness (QED) is 0.315. The third-order valence-corrected chi connectivity index (χ3v) is 5.02. The second kappa shape index (κ2) is 8.49. The standard InChI is InChI=1S/C20H16ClF2N7O/c1-9-10(2)17(29-18(21)14(9)6-24)19(31)28-12-3-4-15(25)13(5-12)16(26)11-7-27-30(8-11)20(22)23/h3-5,7-8,20,26H,25H2,1-2H3,(H,28,31)/p+1. The number of hydrogen-bond acceptors (Lipinski definition) is 5. The number of carbonyl (C=O) groups excluding carboxylic acids is 1. The number of anilines is 2. The van der Waals surface area contributed by atoms with Crippen LogP contribution in [0.25, 0.3) is 0 Å². The minimum atomic E-state index is -2.80. The maximum Gasteiger partial charge on any atom is 0.333 e. The molecule has 5 N–H and O–H groups in total. The molecule has 8 nitrogen and oxygen atoms in total. The third kappa shape index (κ3) is 4.22. The number of aromatic nitrogens is 3. The second-order valence-electron chi connectivity index (χ2n) is 6.64. The van der Waals surface area contributed by atoms with Crippen LogP contribution in [0.4, 0.5) is 20.2 Å². The number of nitrogens with zero attached hydrogens (tertiary/aromatic N) is 4. The number of rotatable bonds is 5. The Bertz CT molecular complexity index is 1250. The summed E-state index contributed by atoms with van der Waals surface area (Å²) in [6.07, 6.45) is 2.29. The van der Waals surface area contributed by atoms with Gasteiger partial charge in [0.15, 0.2) is 0 Å². The summed E-state index contributed by atoms with van der Waals surface area (Å²) < 4.78 is 26.0. The molecule has 0 fully saturated rings. The van der Waals surface area contributed by atoms with E-state index in [-0.39, 0.29) is 33.4 Å². The van der Waals surface area contributed by atoms with Gasteiger partial charge in [-0.25, -0.2) is 9.67 Å². The Morgan fingerprint density at radius 1 is 1.35 bits per heavy atom. The normalized spacial score (nSPS) is 10.7. The first kappa shape index (κ1) is 21.9. The number of pyridine rings is 1. The number of nitrogens with two attached hydrogens (primary N) is 2. The summed E-state index contributed by atoms with van der Waals surface area (Å²) in [5, 5.41) is 21.4. The molecule has 0 aliphatic rings. The van der Waals surface area contributed by atoms with Crippen molar-refractivity contribution in [1.82, 2.24) is 14.8 Å². The van der Waals surface area contributed by atoms with Crippen LogP contribution < -0.4 is 16.5 Å². The van der Waals surface area contributed by atoms with Crippen LogP contribution in [0.1, 0.15) is 44.9 Å².